The predicted molar refractivity (Wildman–Crippen MR) is 61.7 cm³/mol. The number of halogens is 1. The fourth-order valence-electron chi connectivity index (χ4n) is 1.24. The molecular formula is C12H15FN2O. The molecule has 0 radical (unpaired) electrons. The van der Waals surface area contributed by atoms with Gasteiger partial charge in [-0.05, 0) is 24.1 Å². The van der Waals surface area contributed by atoms with Crippen LogP contribution in [0.15, 0.2) is 36.9 Å². The van der Waals surface area contributed by atoms with Crippen molar-refractivity contribution in [2.45, 2.75) is 6.42 Å². The molecule has 86 valence electrons. The highest BCUT2D eigenvalue weighted by atomic mass is 19.1. The minimum Gasteiger partial charge on any atom is -0.338 e. The quantitative estimate of drug-likeness (QED) is 0.733. The Kier molecular flexibility index (Phi) is 5.05. The topological polar surface area (TPSA) is 41.1 Å². The monoisotopic (exact) mass is 222 g/mol. The first-order valence-corrected chi connectivity index (χ1v) is 5.09. The van der Waals surface area contributed by atoms with E-state index in [2.05, 4.69) is 17.2 Å². The van der Waals surface area contributed by atoms with Crippen molar-refractivity contribution in [1.29, 1.82) is 0 Å². The van der Waals surface area contributed by atoms with E-state index in [0.717, 1.165) is 5.56 Å². The molecular weight excluding hydrogens is 207 g/mol. The van der Waals surface area contributed by atoms with Gasteiger partial charge in [0.15, 0.2) is 0 Å². The summed E-state index contributed by atoms with van der Waals surface area (Å²) in [6, 6.07) is 6.10. The molecule has 4 heteroatoms. The van der Waals surface area contributed by atoms with Crippen molar-refractivity contribution in [2.24, 2.45) is 0 Å². The van der Waals surface area contributed by atoms with Crippen LogP contribution in [-0.4, -0.2) is 19.1 Å². The lowest BCUT2D eigenvalue weighted by Gasteiger charge is -2.05. The maximum absolute atomic E-state index is 12.8. The van der Waals surface area contributed by atoms with Crippen LogP contribution in [0.4, 0.5) is 9.18 Å². The van der Waals surface area contributed by atoms with E-state index in [4.69, 9.17) is 0 Å². The lowest BCUT2D eigenvalue weighted by Crippen LogP contribution is -2.36. The number of hydrogen-bond donors (Lipinski definition) is 2. The Balaban J connectivity index is 2.25. The van der Waals surface area contributed by atoms with Gasteiger partial charge < -0.3 is 10.6 Å². The normalized spacial score (nSPS) is 9.56. The van der Waals surface area contributed by atoms with Crippen LogP contribution in [0, 0.1) is 5.82 Å². The number of nitrogens with one attached hydrogen (secondary N) is 2. The first-order chi connectivity index (χ1) is 7.72. The summed E-state index contributed by atoms with van der Waals surface area (Å²) in [5.41, 5.74) is 0.865. The van der Waals surface area contributed by atoms with Crippen LogP contribution >= 0.6 is 0 Å². The molecule has 0 aliphatic rings. The Hall–Kier alpha value is -1.84. The molecule has 0 spiro atoms. The second-order valence-corrected chi connectivity index (χ2v) is 3.31. The highest BCUT2D eigenvalue weighted by Crippen LogP contribution is 2.03. The van der Waals surface area contributed by atoms with Crippen molar-refractivity contribution in [1.82, 2.24) is 10.6 Å². The molecule has 0 saturated carbocycles. The van der Waals surface area contributed by atoms with Crippen molar-refractivity contribution in [2.75, 3.05) is 13.1 Å². The number of hydrogen-bond acceptors (Lipinski definition) is 1. The fraction of sp³-hybridized carbons (Fsp3) is 0.250. The zero-order chi connectivity index (χ0) is 11.8. The lowest BCUT2D eigenvalue weighted by molar-refractivity contribution is 0.242. The summed E-state index contributed by atoms with van der Waals surface area (Å²) >= 11 is 0. The molecule has 1 aromatic rings. The SMILES string of the molecule is C=CCNC(=O)NCCc1cccc(F)c1. The summed E-state index contributed by atoms with van der Waals surface area (Å²) in [5, 5.41) is 5.25. The Morgan fingerprint density at radius 2 is 2.25 bits per heavy atom. The summed E-state index contributed by atoms with van der Waals surface area (Å²) in [6.07, 6.45) is 2.21. The maximum atomic E-state index is 12.8. The van der Waals surface area contributed by atoms with Gasteiger partial charge in [0.2, 0.25) is 0 Å². The number of rotatable bonds is 5. The van der Waals surface area contributed by atoms with Gasteiger partial charge in [0.25, 0.3) is 0 Å². The molecule has 2 N–H and O–H groups in total. The highest BCUT2D eigenvalue weighted by molar-refractivity contribution is 5.73. The first kappa shape index (κ1) is 12.2. The van der Waals surface area contributed by atoms with Crippen LogP contribution in [-0.2, 0) is 6.42 Å². The zero-order valence-corrected chi connectivity index (χ0v) is 9.00. The molecule has 0 saturated heterocycles. The molecule has 0 aliphatic heterocycles. The van der Waals surface area contributed by atoms with Crippen molar-refractivity contribution >= 4 is 6.03 Å². The van der Waals surface area contributed by atoms with Crippen LogP contribution in [0.2, 0.25) is 0 Å². The largest absolute Gasteiger partial charge is 0.338 e. The second kappa shape index (κ2) is 6.61. The molecule has 0 heterocycles. The first-order valence-electron chi connectivity index (χ1n) is 5.09. The number of carbonyl (C=O) groups is 1. The van der Waals surface area contributed by atoms with Crippen molar-refractivity contribution in [3.63, 3.8) is 0 Å². The zero-order valence-electron chi connectivity index (χ0n) is 9.00. The summed E-state index contributed by atoms with van der Waals surface area (Å²) in [7, 11) is 0. The van der Waals surface area contributed by atoms with Crippen molar-refractivity contribution < 1.29 is 9.18 Å². The molecule has 16 heavy (non-hydrogen) atoms. The van der Waals surface area contributed by atoms with E-state index in [9.17, 15) is 9.18 Å². The summed E-state index contributed by atoms with van der Waals surface area (Å²) < 4.78 is 12.8. The molecule has 0 aromatic heterocycles. The molecule has 3 nitrogen and oxygen atoms in total. The van der Waals surface area contributed by atoms with E-state index in [1.807, 2.05) is 6.07 Å². The van der Waals surface area contributed by atoms with Crippen LogP contribution < -0.4 is 10.6 Å². The fourth-order valence-corrected chi connectivity index (χ4v) is 1.24. The lowest BCUT2D eigenvalue weighted by atomic mass is 10.1. The van der Waals surface area contributed by atoms with Crippen LogP contribution in [0.5, 0.6) is 0 Å². The molecule has 0 aliphatic carbocycles. The van der Waals surface area contributed by atoms with Gasteiger partial charge >= 0.3 is 6.03 Å². The van der Waals surface area contributed by atoms with Gasteiger partial charge in [-0.2, -0.15) is 0 Å². The molecule has 0 bridgehead atoms. The molecule has 0 atom stereocenters. The van der Waals surface area contributed by atoms with E-state index in [1.54, 1.807) is 12.1 Å². The molecule has 0 unspecified atom stereocenters. The van der Waals surface area contributed by atoms with E-state index in [1.165, 1.54) is 12.1 Å². The third-order valence-corrected chi connectivity index (χ3v) is 2.00. The van der Waals surface area contributed by atoms with Crippen molar-refractivity contribution in [3.8, 4) is 0 Å². The smallest absolute Gasteiger partial charge is 0.315 e. The van der Waals surface area contributed by atoms with Gasteiger partial charge in [-0.3, -0.25) is 0 Å². The van der Waals surface area contributed by atoms with E-state index >= 15 is 0 Å². The Labute approximate surface area is 94.4 Å². The van der Waals surface area contributed by atoms with E-state index < -0.39 is 0 Å². The number of benzene rings is 1. The van der Waals surface area contributed by atoms with Gasteiger partial charge in [-0.25, -0.2) is 9.18 Å². The summed E-state index contributed by atoms with van der Waals surface area (Å²) in [5.74, 6) is -0.256. The minimum atomic E-state index is -0.256. The van der Waals surface area contributed by atoms with Gasteiger partial charge in [0.05, 0.1) is 0 Å². The third-order valence-electron chi connectivity index (χ3n) is 2.00. The van der Waals surface area contributed by atoms with Crippen LogP contribution in [0.3, 0.4) is 0 Å². The Morgan fingerprint density at radius 1 is 1.44 bits per heavy atom. The second-order valence-electron chi connectivity index (χ2n) is 3.31. The molecule has 1 rings (SSSR count). The standard InChI is InChI=1S/C12H15FN2O/c1-2-7-14-12(16)15-8-6-10-4-3-5-11(13)9-10/h2-5,9H,1,6-8H2,(H2,14,15,16). The molecule has 2 amide bonds. The van der Waals surface area contributed by atoms with Gasteiger partial charge in [-0.1, -0.05) is 18.2 Å². The molecule has 1 aromatic carbocycles. The minimum absolute atomic E-state index is 0.240. The van der Waals surface area contributed by atoms with Crippen LogP contribution in [0.25, 0.3) is 0 Å². The number of urea groups is 1. The van der Waals surface area contributed by atoms with Gasteiger partial charge in [0, 0.05) is 13.1 Å². The highest BCUT2D eigenvalue weighted by Gasteiger charge is 1.98. The van der Waals surface area contributed by atoms with Crippen LogP contribution in [0.1, 0.15) is 5.56 Å². The van der Waals surface area contributed by atoms with E-state index in [-0.39, 0.29) is 11.8 Å². The number of amides is 2. The summed E-state index contributed by atoms with van der Waals surface area (Å²) in [4.78, 5) is 11.1. The average molecular weight is 222 g/mol. The Bertz CT molecular complexity index is 366. The van der Waals surface area contributed by atoms with Gasteiger partial charge in [0.1, 0.15) is 5.82 Å². The third kappa shape index (κ3) is 4.59. The van der Waals surface area contributed by atoms with Crippen molar-refractivity contribution in [3.05, 3.63) is 48.3 Å². The predicted octanol–water partition coefficient (Wildman–Crippen LogP) is 1.85. The molecule has 0 fully saturated rings. The van der Waals surface area contributed by atoms with E-state index in [0.29, 0.717) is 19.5 Å². The summed E-state index contributed by atoms with van der Waals surface area (Å²) in [6.45, 7) is 4.40. The number of carbonyl (C=O) groups excluding carboxylic acids is 1. The van der Waals surface area contributed by atoms with Gasteiger partial charge in [-0.15, -0.1) is 6.58 Å². The Morgan fingerprint density at radius 3 is 2.94 bits per heavy atom. The maximum Gasteiger partial charge on any atom is 0.315 e. The average Bonchev–Trinajstić information content (AvgIpc) is 2.26.